The van der Waals surface area contributed by atoms with Gasteiger partial charge in [0.1, 0.15) is 6.23 Å². The van der Waals surface area contributed by atoms with E-state index in [0.717, 1.165) is 32.8 Å². The molecule has 4 heteroatoms. The van der Waals surface area contributed by atoms with Crippen molar-refractivity contribution in [2.75, 3.05) is 32.8 Å². The number of hydrogen-bond donors (Lipinski definition) is 1. The van der Waals surface area contributed by atoms with Crippen molar-refractivity contribution in [1.82, 2.24) is 10.2 Å². The van der Waals surface area contributed by atoms with Crippen molar-refractivity contribution in [2.24, 2.45) is 0 Å². The van der Waals surface area contributed by atoms with Gasteiger partial charge in [-0.25, -0.2) is 0 Å². The van der Waals surface area contributed by atoms with Gasteiger partial charge in [0.25, 0.3) is 0 Å². The van der Waals surface area contributed by atoms with E-state index in [1.165, 1.54) is 0 Å². The second-order valence-electron chi connectivity index (χ2n) is 4.51. The highest BCUT2D eigenvalue weighted by Gasteiger charge is 2.37. The predicted octanol–water partition coefficient (Wildman–Crippen LogP) is 0.0449. The van der Waals surface area contributed by atoms with E-state index in [4.69, 9.17) is 9.47 Å². The topological polar surface area (TPSA) is 37.0 Å². The largest absolute Gasteiger partial charge is 0.379 e. The van der Waals surface area contributed by atoms with Crippen LogP contribution >= 0.6 is 0 Å². The van der Waals surface area contributed by atoms with Gasteiger partial charge >= 0.3 is 0 Å². The lowest BCUT2D eigenvalue weighted by atomic mass is 10.3. The molecule has 1 N–H and O–H groups in total. The lowest BCUT2D eigenvalue weighted by Gasteiger charge is -2.24. The van der Waals surface area contributed by atoms with Gasteiger partial charge < -0.3 is 9.47 Å². The van der Waals surface area contributed by atoms with Crippen LogP contribution in [0.2, 0.25) is 0 Å². The second-order valence-corrected chi connectivity index (χ2v) is 4.51. The average molecular weight is 224 g/mol. The molecule has 2 aliphatic rings. The zero-order valence-corrected chi connectivity index (χ0v) is 10.0. The van der Waals surface area contributed by atoms with E-state index in [-0.39, 0.29) is 12.3 Å². The summed E-state index contributed by atoms with van der Waals surface area (Å²) in [6.45, 7) is 8.71. The van der Waals surface area contributed by atoms with Gasteiger partial charge in [-0.05, 0) is 13.8 Å². The maximum absolute atomic E-state index is 5.39. The number of nitrogens with zero attached hydrogens (tertiary/aromatic N) is 1. The molecule has 0 bridgehead atoms. The Morgan fingerprint density at radius 2 is 2.12 bits per heavy atom. The highest BCUT2D eigenvalue weighted by atomic mass is 16.6. The number of ether oxygens (including phenoxy) is 2. The number of hydrogen-bond acceptors (Lipinski definition) is 4. The molecule has 2 saturated heterocycles. The third kappa shape index (κ3) is 3.76. The SMILES string of the molecule is CC(C)NC1OC1C#CCN1CCOCC1. The molecule has 0 radical (unpaired) electrons. The Bertz CT molecular complexity index is 276. The maximum Gasteiger partial charge on any atom is 0.159 e. The van der Waals surface area contributed by atoms with Crippen molar-refractivity contribution in [3.63, 3.8) is 0 Å². The molecule has 2 unspecified atom stereocenters. The lowest BCUT2D eigenvalue weighted by Crippen LogP contribution is -2.36. The third-order valence-electron chi connectivity index (χ3n) is 2.64. The molecule has 2 heterocycles. The van der Waals surface area contributed by atoms with Crippen LogP contribution in [-0.4, -0.2) is 56.1 Å². The molecule has 90 valence electrons. The second kappa shape index (κ2) is 5.65. The summed E-state index contributed by atoms with van der Waals surface area (Å²) < 4.78 is 10.7. The number of rotatable bonds is 3. The highest BCUT2D eigenvalue weighted by Crippen LogP contribution is 2.18. The fourth-order valence-corrected chi connectivity index (χ4v) is 1.69. The van der Waals surface area contributed by atoms with Crippen molar-refractivity contribution in [3.05, 3.63) is 0 Å². The van der Waals surface area contributed by atoms with E-state index in [1.807, 2.05) is 0 Å². The van der Waals surface area contributed by atoms with Crippen LogP contribution in [0.5, 0.6) is 0 Å². The van der Waals surface area contributed by atoms with Crippen molar-refractivity contribution in [2.45, 2.75) is 32.2 Å². The van der Waals surface area contributed by atoms with Crippen LogP contribution in [0.15, 0.2) is 0 Å². The molecule has 0 amide bonds. The van der Waals surface area contributed by atoms with E-state index in [2.05, 4.69) is 35.9 Å². The summed E-state index contributed by atoms with van der Waals surface area (Å²) >= 11 is 0. The Hall–Kier alpha value is -0.600. The van der Waals surface area contributed by atoms with Crippen molar-refractivity contribution in [1.29, 1.82) is 0 Å². The first-order valence-electron chi connectivity index (χ1n) is 5.96. The van der Waals surface area contributed by atoms with E-state index in [9.17, 15) is 0 Å². The average Bonchev–Trinajstić information content (AvgIpc) is 2.97. The predicted molar refractivity (Wildman–Crippen MR) is 62.0 cm³/mol. The summed E-state index contributed by atoms with van der Waals surface area (Å²) in [7, 11) is 0. The lowest BCUT2D eigenvalue weighted by molar-refractivity contribution is 0.0443. The highest BCUT2D eigenvalue weighted by molar-refractivity contribution is 5.14. The summed E-state index contributed by atoms with van der Waals surface area (Å²) in [4.78, 5) is 2.31. The smallest absolute Gasteiger partial charge is 0.159 e. The van der Waals surface area contributed by atoms with Gasteiger partial charge in [0.15, 0.2) is 6.10 Å². The zero-order chi connectivity index (χ0) is 11.4. The zero-order valence-electron chi connectivity index (χ0n) is 10.0. The quantitative estimate of drug-likeness (QED) is 0.543. The summed E-state index contributed by atoms with van der Waals surface area (Å²) in [5, 5.41) is 3.30. The van der Waals surface area contributed by atoms with Crippen molar-refractivity contribution < 1.29 is 9.47 Å². The van der Waals surface area contributed by atoms with Gasteiger partial charge in [-0.1, -0.05) is 11.8 Å². The molecule has 2 aliphatic heterocycles. The Morgan fingerprint density at radius 3 is 2.81 bits per heavy atom. The monoisotopic (exact) mass is 224 g/mol. The van der Waals surface area contributed by atoms with Crippen LogP contribution in [-0.2, 0) is 9.47 Å². The molecular formula is C12H20N2O2. The molecule has 0 saturated carbocycles. The van der Waals surface area contributed by atoms with Gasteiger partial charge in [0.2, 0.25) is 0 Å². The van der Waals surface area contributed by atoms with E-state index in [0.29, 0.717) is 6.04 Å². The molecular weight excluding hydrogens is 204 g/mol. The number of morpholine rings is 1. The Morgan fingerprint density at radius 1 is 1.38 bits per heavy atom. The molecule has 2 atom stereocenters. The molecule has 4 nitrogen and oxygen atoms in total. The van der Waals surface area contributed by atoms with E-state index >= 15 is 0 Å². The van der Waals surface area contributed by atoms with Crippen molar-refractivity contribution in [3.8, 4) is 11.8 Å². The van der Waals surface area contributed by atoms with Crippen LogP contribution in [0, 0.1) is 11.8 Å². The fourth-order valence-electron chi connectivity index (χ4n) is 1.69. The van der Waals surface area contributed by atoms with Crippen LogP contribution in [0.25, 0.3) is 0 Å². The van der Waals surface area contributed by atoms with Crippen LogP contribution in [0.3, 0.4) is 0 Å². The minimum absolute atomic E-state index is 0.100. The Balaban J connectivity index is 1.63. The van der Waals surface area contributed by atoms with Gasteiger partial charge in [-0.3, -0.25) is 10.2 Å². The number of nitrogens with one attached hydrogen (secondary N) is 1. The molecule has 0 aliphatic carbocycles. The Kier molecular flexibility index (Phi) is 4.19. The first-order valence-corrected chi connectivity index (χ1v) is 5.96. The van der Waals surface area contributed by atoms with Crippen molar-refractivity contribution >= 4 is 0 Å². The Labute approximate surface area is 97.3 Å². The van der Waals surface area contributed by atoms with Crippen LogP contribution in [0.4, 0.5) is 0 Å². The standard InChI is InChI=1S/C12H20N2O2/c1-10(2)13-12-11(16-12)4-3-5-14-6-8-15-9-7-14/h10-13H,5-9H2,1-2H3. The summed E-state index contributed by atoms with van der Waals surface area (Å²) in [5.74, 6) is 6.32. The van der Waals surface area contributed by atoms with Gasteiger partial charge in [0.05, 0.1) is 19.8 Å². The molecule has 0 aromatic heterocycles. The number of epoxide rings is 1. The van der Waals surface area contributed by atoms with Gasteiger partial charge in [-0.2, -0.15) is 0 Å². The minimum Gasteiger partial charge on any atom is -0.379 e. The minimum atomic E-state index is 0.100. The normalized spacial score (nSPS) is 29.9. The van der Waals surface area contributed by atoms with Gasteiger partial charge in [-0.15, -0.1) is 0 Å². The summed E-state index contributed by atoms with van der Waals surface area (Å²) in [6.07, 6.45) is 0.251. The first-order chi connectivity index (χ1) is 7.75. The fraction of sp³-hybridized carbons (Fsp3) is 0.833. The first kappa shape index (κ1) is 11.9. The third-order valence-corrected chi connectivity index (χ3v) is 2.64. The molecule has 16 heavy (non-hydrogen) atoms. The van der Waals surface area contributed by atoms with Crippen LogP contribution < -0.4 is 5.32 Å². The van der Waals surface area contributed by atoms with E-state index in [1.54, 1.807) is 0 Å². The molecule has 0 spiro atoms. The summed E-state index contributed by atoms with van der Waals surface area (Å²) in [5.41, 5.74) is 0. The van der Waals surface area contributed by atoms with Gasteiger partial charge in [0, 0.05) is 19.1 Å². The maximum atomic E-state index is 5.39. The molecule has 0 aromatic rings. The van der Waals surface area contributed by atoms with E-state index < -0.39 is 0 Å². The molecule has 2 rings (SSSR count). The molecule has 0 aromatic carbocycles. The summed E-state index contributed by atoms with van der Waals surface area (Å²) in [6, 6.07) is 0.455. The molecule has 2 fully saturated rings. The van der Waals surface area contributed by atoms with Crippen LogP contribution in [0.1, 0.15) is 13.8 Å².